The van der Waals surface area contributed by atoms with Crippen molar-refractivity contribution < 1.29 is 18.6 Å². The molecule has 0 heterocycles. The number of rotatable bonds is 9. The van der Waals surface area contributed by atoms with Crippen LogP contribution in [0.3, 0.4) is 0 Å². The van der Waals surface area contributed by atoms with Crippen LogP contribution in [0.15, 0.2) is 30.3 Å². The van der Waals surface area contributed by atoms with E-state index in [2.05, 4.69) is 5.09 Å². The molecule has 0 bridgehead atoms. The Hall–Kier alpha value is -1.01. The predicted octanol–water partition coefficient (Wildman–Crippen LogP) is 2.80. The summed E-state index contributed by atoms with van der Waals surface area (Å²) in [7, 11) is 0. The van der Waals surface area contributed by atoms with Gasteiger partial charge in [-0.2, -0.15) is 0 Å². The Morgan fingerprint density at radius 3 is 2.50 bits per heavy atom. The maximum absolute atomic E-state index is 12.9. The lowest BCUT2D eigenvalue weighted by atomic mass is 10.3. The molecule has 8 heteroatoms. The van der Waals surface area contributed by atoms with E-state index >= 15 is 0 Å². The molecule has 3 N–H and O–H groups in total. The zero-order valence-corrected chi connectivity index (χ0v) is 14.7. The van der Waals surface area contributed by atoms with Crippen molar-refractivity contribution in [3.63, 3.8) is 0 Å². The SMILES string of the molecule is CC(C)OC(=O)C(C)NP(=O)(Oc1ccccc1)SCCN. The molecule has 0 aliphatic carbocycles. The quantitative estimate of drug-likeness (QED) is 0.525. The van der Waals surface area contributed by atoms with Crippen LogP contribution in [0.4, 0.5) is 0 Å². The molecule has 1 aromatic carbocycles. The summed E-state index contributed by atoms with van der Waals surface area (Å²) in [4.78, 5) is 11.9. The van der Waals surface area contributed by atoms with Gasteiger partial charge in [0.25, 0.3) is 0 Å². The highest BCUT2D eigenvalue weighted by Gasteiger charge is 2.31. The van der Waals surface area contributed by atoms with Gasteiger partial charge in [-0.25, -0.2) is 9.65 Å². The second-order valence-corrected chi connectivity index (χ2v) is 9.18. The smallest absolute Gasteiger partial charge is 0.375 e. The van der Waals surface area contributed by atoms with E-state index < -0.39 is 18.7 Å². The van der Waals surface area contributed by atoms with Crippen LogP contribution < -0.4 is 15.3 Å². The van der Waals surface area contributed by atoms with Gasteiger partial charge in [-0.05, 0) is 44.3 Å². The Morgan fingerprint density at radius 1 is 1.32 bits per heavy atom. The van der Waals surface area contributed by atoms with E-state index in [1.165, 1.54) is 0 Å². The van der Waals surface area contributed by atoms with Crippen molar-refractivity contribution in [2.45, 2.75) is 32.9 Å². The number of ether oxygens (including phenoxy) is 1. The molecular weight excluding hydrogens is 323 g/mol. The number of carbonyl (C=O) groups excluding carboxylic acids is 1. The maximum Gasteiger partial charge on any atom is 0.375 e. The fraction of sp³-hybridized carbons (Fsp3) is 0.500. The predicted molar refractivity (Wildman–Crippen MR) is 90.0 cm³/mol. The van der Waals surface area contributed by atoms with Crippen LogP contribution >= 0.6 is 18.1 Å². The third-order valence-corrected chi connectivity index (χ3v) is 6.43. The maximum atomic E-state index is 12.9. The van der Waals surface area contributed by atoms with Crippen molar-refractivity contribution in [2.24, 2.45) is 5.73 Å². The van der Waals surface area contributed by atoms with Crippen LogP contribution in [-0.4, -0.2) is 30.4 Å². The van der Waals surface area contributed by atoms with E-state index in [-0.39, 0.29) is 6.10 Å². The van der Waals surface area contributed by atoms with Gasteiger partial charge in [0, 0.05) is 12.3 Å². The zero-order chi connectivity index (χ0) is 16.6. The van der Waals surface area contributed by atoms with Crippen LogP contribution in [-0.2, 0) is 14.1 Å². The van der Waals surface area contributed by atoms with Crippen LogP contribution in [0, 0.1) is 0 Å². The molecule has 0 aromatic heterocycles. The van der Waals surface area contributed by atoms with Gasteiger partial charge >= 0.3 is 12.7 Å². The molecule has 2 atom stereocenters. The van der Waals surface area contributed by atoms with E-state index in [0.29, 0.717) is 18.0 Å². The van der Waals surface area contributed by atoms with E-state index in [4.69, 9.17) is 15.0 Å². The molecular formula is C14H23N2O4PS. The zero-order valence-electron chi connectivity index (χ0n) is 13.0. The first-order valence-electron chi connectivity index (χ1n) is 7.04. The van der Waals surface area contributed by atoms with E-state index in [1.54, 1.807) is 45.0 Å². The van der Waals surface area contributed by atoms with Crippen molar-refractivity contribution in [1.29, 1.82) is 0 Å². The van der Waals surface area contributed by atoms with Gasteiger partial charge in [0.05, 0.1) is 6.10 Å². The molecule has 0 fully saturated rings. The fourth-order valence-electron chi connectivity index (χ4n) is 1.51. The van der Waals surface area contributed by atoms with Crippen molar-refractivity contribution in [3.8, 4) is 5.75 Å². The van der Waals surface area contributed by atoms with Crippen molar-refractivity contribution >= 4 is 24.1 Å². The summed E-state index contributed by atoms with van der Waals surface area (Å²) in [5.41, 5.74) is 5.47. The molecule has 22 heavy (non-hydrogen) atoms. The summed E-state index contributed by atoms with van der Waals surface area (Å²) in [5.74, 6) is 0.441. The van der Waals surface area contributed by atoms with Crippen molar-refractivity contribution in [3.05, 3.63) is 30.3 Å². The minimum absolute atomic E-state index is 0.233. The molecule has 0 amide bonds. The van der Waals surface area contributed by atoms with Gasteiger partial charge in [-0.3, -0.25) is 4.79 Å². The molecule has 0 saturated carbocycles. The third kappa shape index (κ3) is 6.83. The Morgan fingerprint density at radius 2 is 1.95 bits per heavy atom. The summed E-state index contributed by atoms with van der Waals surface area (Å²) in [5, 5.41) is 2.75. The van der Waals surface area contributed by atoms with Gasteiger partial charge in [-0.1, -0.05) is 18.2 Å². The average molecular weight is 346 g/mol. The number of para-hydroxylation sites is 1. The van der Waals surface area contributed by atoms with Gasteiger partial charge in [0.2, 0.25) is 0 Å². The number of hydrogen-bond donors (Lipinski definition) is 2. The largest absolute Gasteiger partial charge is 0.462 e. The molecule has 2 unspecified atom stereocenters. The van der Waals surface area contributed by atoms with E-state index in [0.717, 1.165) is 11.4 Å². The molecule has 0 saturated heterocycles. The highest BCUT2D eigenvalue weighted by Crippen LogP contribution is 2.55. The fourth-order valence-corrected chi connectivity index (χ4v) is 5.16. The number of hydrogen-bond acceptors (Lipinski definition) is 6. The molecule has 0 aliphatic heterocycles. The van der Waals surface area contributed by atoms with Gasteiger partial charge in [-0.15, -0.1) is 0 Å². The first-order valence-corrected chi connectivity index (χ1v) is 10.3. The summed E-state index contributed by atoms with van der Waals surface area (Å²) in [6.45, 7) is 2.14. The first kappa shape index (κ1) is 19.0. The first-order chi connectivity index (χ1) is 10.4. The topological polar surface area (TPSA) is 90.6 Å². The normalized spacial score (nSPS) is 15.1. The molecule has 1 rings (SSSR count). The molecule has 0 radical (unpaired) electrons. The lowest BCUT2D eigenvalue weighted by molar-refractivity contribution is -0.148. The van der Waals surface area contributed by atoms with E-state index in [1.807, 2.05) is 6.07 Å². The van der Waals surface area contributed by atoms with Crippen LogP contribution in [0.2, 0.25) is 0 Å². The Labute approximate surface area is 135 Å². The van der Waals surface area contributed by atoms with Gasteiger partial charge in [0.1, 0.15) is 11.8 Å². The third-order valence-electron chi connectivity index (χ3n) is 2.41. The molecule has 124 valence electrons. The highest BCUT2D eigenvalue weighted by molar-refractivity contribution is 8.56. The molecule has 1 aromatic rings. The van der Waals surface area contributed by atoms with Crippen LogP contribution in [0.1, 0.15) is 20.8 Å². The minimum atomic E-state index is -3.33. The van der Waals surface area contributed by atoms with Crippen molar-refractivity contribution in [1.82, 2.24) is 5.09 Å². The highest BCUT2D eigenvalue weighted by atomic mass is 32.7. The Balaban J connectivity index is 2.78. The second kappa shape index (κ2) is 9.20. The van der Waals surface area contributed by atoms with E-state index in [9.17, 15) is 9.36 Å². The number of nitrogens with one attached hydrogen (secondary N) is 1. The summed E-state index contributed by atoms with van der Waals surface area (Å²) >= 11 is 1.07. The molecule has 6 nitrogen and oxygen atoms in total. The Bertz CT molecular complexity index is 513. The summed E-state index contributed by atoms with van der Waals surface area (Å²) in [6, 6.07) is 8.05. The van der Waals surface area contributed by atoms with Gasteiger partial charge < -0.3 is 15.0 Å². The average Bonchev–Trinajstić information content (AvgIpc) is 2.45. The number of carbonyl (C=O) groups is 1. The number of benzene rings is 1. The minimum Gasteiger partial charge on any atom is -0.462 e. The van der Waals surface area contributed by atoms with Gasteiger partial charge in [0.15, 0.2) is 0 Å². The lowest BCUT2D eigenvalue weighted by Gasteiger charge is -2.23. The lowest BCUT2D eigenvalue weighted by Crippen LogP contribution is -2.35. The monoisotopic (exact) mass is 346 g/mol. The standard InChI is InChI=1S/C14H23N2O4PS/c1-11(2)19-14(17)12(3)16-21(18,22-10-9-15)20-13-7-5-4-6-8-13/h4-8,11-12H,9-10,15H2,1-3H3,(H,16,18). The molecule has 0 aliphatic rings. The Kier molecular flexibility index (Phi) is 7.96. The number of nitrogens with two attached hydrogens (primary N) is 1. The summed E-state index contributed by atoms with van der Waals surface area (Å²) < 4.78 is 23.6. The van der Waals surface area contributed by atoms with Crippen molar-refractivity contribution in [2.75, 3.05) is 12.3 Å². The number of esters is 1. The van der Waals surface area contributed by atoms with Crippen LogP contribution in [0.25, 0.3) is 0 Å². The molecule has 0 spiro atoms. The van der Waals surface area contributed by atoms with Crippen LogP contribution in [0.5, 0.6) is 5.75 Å². The summed E-state index contributed by atoms with van der Waals surface area (Å²) in [6.07, 6.45) is -0.233. The second-order valence-electron chi connectivity index (χ2n) is 4.86.